The molecule has 1 aliphatic carbocycles. The summed E-state index contributed by atoms with van der Waals surface area (Å²) in [6.45, 7) is 1.93. The van der Waals surface area contributed by atoms with Gasteiger partial charge in [0.15, 0.2) is 5.58 Å². The Kier molecular flexibility index (Phi) is 1.67. The fraction of sp³-hybridized carbons (Fsp3) is 0.333. The van der Waals surface area contributed by atoms with Crippen molar-refractivity contribution in [2.45, 2.75) is 25.2 Å². The Labute approximate surface area is 91.9 Å². The van der Waals surface area contributed by atoms with E-state index in [1.165, 1.54) is 0 Å². The van der Waals surface area contributed by atoms with E-state index in [0.717, 1.165) is 11.1 Å². The van der Waals surface area contributed by atoms with Gasteiger partial charge in [0.1, 0.15) is 10.9 Å². The molecule has 0 bridgehead atoms. The second-order valence-electron chi connectivity index (χ2n) is 4.33. The fourth-order valence-corrected chi connectivity index (χ4v) is 1.94. The molecule has 0 spiro atoms. The first-order valence-corrected chi connectivity index (χ1v) is 5.23. The molecule has 0 amide bonds. The summed E-state index contributed by atoms with van der Waals surface area (Å²) in [4.78, 5) is 15.4. The van der Waals surface area contributed by atoms with Crippen molar-refractivity contribution < 1.29 is 14.3 Å². The van der Waals surface area contributed by atoms with Crippen LogP contribution >= 0.6 is 0 Å². The van der Waals surface area contributed by atoms with Crippen LogP contribution in [0.15, 0.2) is 22.6 Å². The molecule has 1 aromatic heterocycles. The van der Waals surface area contributed by atoms with Gasteiger partial charge < -0.3 is 9.52 Å². The Balaban J connectivity index is 2.20. The van der Waals surface area contributed by atoms with Gasteiger partial charge in [-0.2, -0.15) is 0 Å². The highest BCUT2D eigenvalue weighted by Crippen LogP contribution is 2.48. The van der Waals surface area contributed by atoms with E-state index in [0.29, 0.717) is 24.3 Å². The number of hydrogen-bond acceptors (Lipinski definition) is 3. The van der Waals surface area contributed by atoms with E-state index in [4.69, 9.17) is 9.52 Å². The zero-order chi connectivity index (χ0) is 11.3. The zero-order valence-electron chi connectivity index (χ0n) is 8.86. The number of carboxylic acids is 1. The maximum absolute atomic E-state index is 11.1. The SMILES string of the molecule is Cc1cccc2nc(C3(C(=O)O)CC3)oc12. The molecule has 16 heavy (non-hydrogen) atoms. The monoisotopic (exact) mass is 217 g/mol. The maximum atomic E-state index is 11.1. The smallest absolute Gasteiger partial charge is 0.319 e. The Morgan fingerprint density at radius 3 is 2.81 bits per heavy atom. The molecule has 4 heteroatoms. The van der Waals surface area contributed by atoms with Gasteiger partial charge in [0.25, 0.3) is 0 Å². The van der Waals surface area contributed by atoms with Crippen LogP contribution in [0.5, 0.6) is 0 Å². The average Bonchev–Trinajstić information content (AvgIpc) is 2.94. The largest absolute Gasteiger partial charge is 0.480 e. The van der Waals surface area contributed by atoms with Gasteiger partial charge in [-0.05, 0) is 31.4 Å². The normalized spacial score (nSPS) is 17.6. The number of oxazole rings is 1. The van der Waals surface area contributed by atoms with E-state index in [1.54, 1.807) is 0 Å². The number of fused-ring (bicyclic) bond motifs is 1. The molecule has 1 saturated carbocycles. The highest BCUT2D eigenvalue weighted by atomic mass is 16.4. The molecule has 0 atom stereocenters. The molecule has 3 rings (SSSR count). The maximum Gasteiger partial charge on any atom is 0.319 e. The van der Waals surface area contributed by atoms with E-state index in [-0.39, 0.29) is 0 Å². The summed E-state index contributed by atoms with van der Waals surface area (Å²) in [5.41, 5.74) is 1.57. The first-order valence-electron chi connectivity index (χ1n) is 5.23. The summed E-state index contributed by atoms with van der Waals surface area (Å²) < 4.78 is 5.60. The van der Waals surface area contributed by atoms with Crippen molar-refractivity contribution in [1.29, 1.82) is 0 Å². The number of rotatable bonds is 2. The second-order valence-corrected chi connectivity index (χ2v) is 4.33. The number of aryl methyl sites for hydroxylation is 1. The predicted octanol–water partition coefficient (Wildman–Crippen LogP) is 2.25. The van der Waals surface area contributed by atoms with Crippen molar-refractivity contribution in [3.63, 3.8) is 0 Å². The number of carboxylic acid groups (broad SMARTS) is 1. The van der Waals surface area contributed by atoms with E-state index in [9.17, 15) is 4.79 Å². The lowest BCUT2D eigenvalue weighted by molar-refractivity contribution is -0.140. The molecule has 1 fully saturated rings. The van der Waals surface area contributed by atoms with Gasteiger partial charge in [0.2, 0.25) is 5.89 Å². The lowest BCUT2D eigenvalue weighted by Gasteiger charge is -2.02. The first-order chi connectivity index (χ1) is 7.63. The number of benzene rings is 1. The van der Waals surface area contributed by atoms with Gasteiger partial charge in [0.05, 0.1) is 0 Å². The third-order valence-corrected chi connectivity index (χ3v) is 3.18. The Morgan fingerprint density at radius 2 is 2.25 bits per heavy atom. The van der Waals surface area contributed by atoms with Crippen LogP contribution in [-0.2, 0) is 10.2 Å². The van der Waals surface area contributed by atoms with Crippen LogP contribution in [0.1, 0.15) is 24.3 Å². The molecule has 1 N–H and O–H groups in total. The van der Waals surface area contributed by atoms with E-state index in [2.05, 4.69) is 4.98 Å². The molecular formula is C12H11NO3. The minimum atomic E-state index is -0.856. The van der Waals surface area contributed by atoms with E-state index >= 15 is 0 Å². The van der Waals surface area contributed by atoms with Crippen LogP contribution in [0, 0.1) is 6.92 Å². The minimum absolute atomic E-state index is 0.351. The van der Waals surface area contributed by atoms with Crippen LogP contribution in [0.4, 0.5) is 0 Å². The highest BCUT2D eigenvalue weighted by molar-refractivity contribution is 5.85. The third-order valence-electron chi connectivity index (χ3n) is 3.18. The number of carbonyl (C=O) groups is 1. The van der Waals surface area contributed by atoms with Crippen molar-refractivity contribution >= 4 is 17.1 Å². The Morgan fingerprint density at radius 1 is 1.50 bits per heavy atom. The summed E-state index contributed by atoms with van der Waals surface area (Å²) in [7, 11) is 0. The second kappa shape index (κ2) is 2.84. The van der Waals surface area contributed by atoms with Crippen molar-refractivity contribution in [2.24, 2.45) is 0 Å². The number of aliphatic carboxylic acids is 1. The van der Waals surface area contributed by atoms with Crippen LogP contribution in [0.25, 0.3) is 11.1 Å². The molecule has 1 heterocycles. The molecule has 0 aliphatic heterocycles. The van der Waals surface area contributed by atoms with Crippen LogP contribution in [0.2, 0.25) is 0 Å². The summed E-state index contributed by atoms with van der Waals surface area (Å²) in [5.74, 6) is -0.485. The molecule has 82 valence electrons. The Hall–Kier alpha value is -1.84. The van der Waals surface area contributed by atoms with Gasteiger partial charge in [-0.3, -0.25) is 4.79 Å². The number of nitrogens with zero attached hydrogens (tertiary/aromatic N) is 1. The van der Waals surface area contributed by atoms with Crippen molar-refractivity contribution in [3.05, 3.63) is 29.7 Å². The predicted molar refractivity (Wildman–Crippen MR) is 57.3 cm³/mol. The molecule has 0 radical (unpaired) electrons. The van der Waals surface area contributed by atoms with E-state index < -0.39 is 11.4 Å². The highest BCUT2D eigenvalue weighted by Gasteiger charge is 2.56. The molecule has 1 aliphatic rings. The topological polar surface area (TPSA) is 63.3 Å². The number of para-hydroxylation sites is 1. The molecule has 2 aromatic rings. The lowest BCUT2D eigenvalue weighted by atomic mass is 10.1. The van der Waals surface area contributed by atoms with E-state index in [1.807, 2.05) is 25.1 Å². The Bertz CT molecular complexity index is 581. The van der Waals surface area contributed by atoms with Crippen molar-refractivity contribution in [1.82, 2.24) is 4.98 Å². The van der Waals surface area contributed by atoms with Crippen LogP contribution in [-0.4, -0.2) is 16.1 Å². The summed E-state index contributed by atoms with van der Waals surface area (Å²) in [6.07, 6.45) is 1.24. The quantitative estimate of drug-likeness (QED) is 0.837. The van der Waals surface area contributed by atoms with Gasteiger partial charge in [-0.15, -0.1) is 0 Å². The van der Waals surface area contributed by atoms with Gasteiger partial charge in [0, 0.05) is 0 Å². The molecule has 0 saturated heterocycles. The van der Waals surface area contributed by atoms with Gasteiger partial charge in [-0.1, -0.05) is 12.1 Å². The van der Waals surface area contributed by atoms with Crippen molar-refractivity contribution in [3.8, 4) is 0 Å². The fourth-order valence-electron chi connectivity index (χ4n) is 1.94. The van der Waals surface area contributed by atoms with Gasteiger partial charge in [-0.25, -0.2) is 4.98 Å². The van der Waals surface area contributed by atoms with Crippen LogP contribution < -0.4 is 0 Å². The minimum Gasteiger partial charge on any atom is -0.480 e. The lowest BCUT2D eigenvalue weighted by Crippen LogP contribution is -2.19. The summed E-state index contributed by atoms with van der Waals surface area (Å²) in [5, 5.41) is 9.15. The first kappa shape index (κ1) is 9.39. The molecule has 0 unspecified atom stereocenters. The molecule has 1 aromatic carbocycles. The molecule has 4 nitrogen and oxygen atoms in total. The zero-order valence-corrected chi connectivity index (χ0v) is 8.86. The standard InChI is InChI=1S/C12H11NO3/c1-7-3-2-4-8-9(7)16-10(13-8)12(5-6-12)11(14)15/h2-4H,5-6H2,1H3,(H,14,15). The van der Waals surface area contributed by atoms with Crippen LogP contribution in [0.3, 0.4) is 0 Å². The van der Waals surface area contributed by atoms with Crippen molar-refractivity contribution in [2.75, 3.05) is 0 Å². The average molecular weight is 217 g/mol. The number of hydrogen-bond donors (Lipinski definition) is 1. The third kappa shape index (κ3) is 1.10. The molecular weight excluding hydrogens is 206 g/mol. The summed E-state index contributed by atoms with van der Waals surface area (Å²) >= 11 is 0. The van der Waals surface area contributed by atoms with Gasteiger partial charge >= 0.3 is 5.97 Å². The summed E-state index contributed by atoms with van der Waals surface area (Å²) in [6, 6.07) is 5.66. The number of aromatic nitrogens is 1.